The van der Waals surface area contributed by atoms with Crippen molar-refractivity contribution in [1.82, 2.24) is 9.80 Å². The lowest BCUT2D eigenvalue weighted by Crippen LogP contribution is -2.37. The van der Waals surface area contributed by atoms with Crippen molar-refractivity contribution in [1.29, 1.82) is 0 Å². The van der Waals surface area contributed by atoms with E-state index in [2.05, 4.69) is 37.7 Å². The number of esters is 1. The van der Waals surface area contributed by atoms with E-state index in [0.29, 0.717) is 18.4 Å². The zero-order chi connectivity index (χ0) is 12.3. The van der Waals surface area contributed by atoms with Crippen molar-refractivity contribution < 1.29 is 9.53 Å². The molecule has 1 aliphatic heterocycles. The smallest absolute Gasteiger partial charge is 0.307 e. The number of nitrogens with zero attached hydrogens (tertiary/aromatic N) is 2. The van der Waals surface area contributed by atoms with Gasteiger partial charge in [-0.1, -0.05) is 6.92 Å². The molecule has 1 aliphatic rings. The van der Waals surface area contributed by atoms with Crippen LogP contribution in [-0.4, -0.2) is 62.1 Å². The van der Waals surface area contributed by atoms with Gasteiger partial charge in [0.1, 0.15) is 0 Å². The average molecular weight is 228 g/mol. The monoisotopic (exact) mass is 228 g/mol. The molecule has 0 spiro atoms. The highest BCUT2D eigenvalue weighted by atomic mass is 16.5. The fourth-order valence-corrected chi connectivity index (χ4v) is 2.47. The van der Waals surface area contributed by atoms with Crippen LogP contribution in [0.3, 0.4) is 0 Å². The van der Waals surface area contributed by atoms with Gasteiger partial charge in [-0.2, -0.15) is 0 Å². The standard InChI is InChI=1S/C12H24N2O2/c1-9-7-14(8-11(9)13(3)4)10(2)6-12(15)16-5/h9-11H,6-8H2,1-5H3. The van der Waals surface area contributed by atoms with Crippen molar-refractivity contribution in [2.45, 2.75) is 32.4 Å². The number of carbonyl (C=O) groups is 1. The van der Waals surface area contributed by atoms with Gasteiger partial charge in [-0.25, -0.2) is 0 Å². The summed E-state index contributed by atoms with van der Waals surface area (Å²) in [5.74, 6) is 0.545. The van der Waals surface area contributed by atoms with Crippen molar-refractivity contribution in [3.63, 3.8) is 0 Å². The molecule has 0 aromatic carbocycles. The van der Waals surface area contributed by atoms with E-state index in [9.17, 15) is 4.79 Å². The highest BCUT2D eigenvalue weighted by Gasteiger charge is 2.33. The Bertz CT molecular complexity index is 243. The third-order valence-electron chi connectivity index (χ3n) is 3.58. The molecule has 0 amide bonds. The number of carbonyl (C=O) groups excluding carboxylic acids is 1. The Morgan fingerprint density at radius 2 is 2.12 bits per heavy atom. The summed E-state index contributed by atoms with van der Waals surface area (Å²) in [6.45, 7) is 6.49. The second-order valence-electron chi connectivity index (χ2n) is 5.09. The Hall–Kier alpha value is -0.610. The molecule has 4 heteroatoms. The molecule has 16 heavy (non-hydrogen) atoms. The third-order valence-corrected chi connectivity index (χ3v) is 3.58. The number of ether oxygens (including phenoxy) is 1. The van der Waals surface area contributed by atoms with Crippen molar-refractivity contribution in [3.05, 3.63) is 0 Å². The summed E-state index contributed by atoms with van der Waals surface area (Å²) in [6, 6.07) is 0.875. The third kappa shape index (κ3) is 3.19. The SMILES string of the molecule is COC(=O)CC(C)N1CC(C)C(N(C)C)C1. The van der Waals surface area contributed by atoms with Crippen LogP contribution >= 0.6 is 0 Å². The minimum atomic E-state index is -0.117. The molecular formula is C12H24N2O2. The summed E-state index contributed by atoms with van der Waals surface area (Å²) in [7, 11) is 5.69. The molecule has 4 nitrogen and oxygen atoms in total. The molecule has 0 aliphatic carbocycles. The molecule has 1 fully saturated rings. The first-order valence-corrected chi connectivity index (χ1v) is 5.93. The second kappa shape index (κ2) is 5.64. The second-order valence-corrected chi connectivity index (χ2v) is 5.09. The van der Waals surface area contributed by atoms with Crippen LogP contribution in [0.25, 0.3) is 0 Å². The maximum atomic E-state index is 11.2. The lowest BCUT2D eigenvalue weighted by Gasteiger charge is -2.25. The Kier molecular flexibility index (Phi) is 4.74. The van der Waals surface area contributed by atoms with Crippen molar-refractivity contribution in [2.24, 2.45) is 5.92 Å². The maximum absolute atomic E-state index is 11.2. The van der Waals surface area contributed by atoms with E-state index in [-0.39, 0.29) is 12.0 Å². The van der Waals surface area contributed by atoms with Gasteiger partial charge in [0.25, 0.3) is 0 Å². The summed E-state index contributed by atoms with van der Waals surface area (Å²) in [5, 5.41) is 0. The van der Waals surface area contributed by atoms with E-state index in [0.717, 1.165) is 13.1 Å². The summed E-state index contributed by atoms with van der Waals surface area (Å²) >= 11 is 0. The highest BCUT2D eigenvalue weighted by molar-refractivity contribution is 5.69. The molecule has 94 valence electrons. The van der Waals surface area contributed by atoms with Gasteiger partial charge in [-0.05, 0) is 26.9 Å². The van der Waals surface area contributed by atoms with Crippen molar-refractivity contribution >= 4 is 5.97 Å². The van der Waals surface area contributed by atoms with E-state index in [1.807, 2.05) is 0 Å². The highest BCUT2D eigenvalue weighted by Crippen LogP contribution is 2.22. The Labute approximate surface area is 98.5 Å². The lowest BCUT2D eigenvalue weighted by molar-refractivity contribution is -0.141. The minimum absolute atomic E-state index is 0.117. The minimum Gasteiger partial charge on any atom is -0.469 e. The zero-order valence-corrected chi connectivity index (χ0v) is 11.1. The molecule has 0 bridgehead atoms. The van der Waals surface area contributed by atoms with Gasteiger partial charge in [-0.3, -0.25) is 9.69 Å². The average Bonchev–Trinajstić information content (AvgIpc) is 2.60. The van der Waals surface area contributed by atoms with E-state index in [1.54, 1.807) is 0 Å². The first-order chi connectivity index (χ1) is 7.45. The van der Waals surface area contributed by atoms with Crippen molar-refractivity contribution in [2.75, 3.05) is 34.3 Å². The van der Waals surface area contributed by atoms with Gasteiger partial charge in [-0.15, -0.1) is 0 Å². The molecule has 1 heterocycles. The maximum Gasteiger partial charge on any atom is 0.307 e. The van der Waals surface area contributed by atoms with E-state index >= 15 is 0 Å². The molecule has 1 saturated heterocycles. The quantitative estimate of drug-likeness (QED) is 0.667. The molecule has 0 aromatic heterocycles. The molecule has 1 rings (SSSR count). The summed E-state index contributed by atoms with van der Waals surface area (Å²) in [5.41, 5.74) is 0. The van der Waals surface area contributed by atoms with Crippen molar-refractivity contribution in [3.8, 4) is 0 Å². The molecule has 3 unspecified atom stereocenters. The molecular weight excluding hydrogens is 204 g/mol. The summed E-state index contributed by atoms with van der Waals surface area (Å²) in [4.78, 5) is 15.9. The summed E-state index contributed by atoms with van der Waals surface area (Å²) < 4.78 is 4.71. The van der Waals surface area contributed by atoms with Gasteiger partial charge in [0.2, 0.25) is 0 Å². The Morgan fingerprint density at radius 1 is 1.50 bits per heavy atom. The van der Waals surface area contributed by atoms with Crippen LogP contribution in [0.4, 0.5) is 0 Å². The van der Waals surface area contributed by atoms with E-state index in [1.165, 1.54) is 7.11 Å². The van der Waals surface area contributed by atoms with Crippen LogP contribution in [0.5, 0.6) is 0 Å². The molecule has 0 N–H and O–H groups in total. The predicted molar refractivity (Wildman–Crippen MR) is 64.3 cm³/mol. The van der Waals surface area contributed by atoms with Gasteiger partial charge in [0.15, 0.2) is 0 Å². The van der Waals surface area contributed by atoms with Crippen LogP contribution in [0.1, 0.15) is 20.3 Å². The first-order valence-electron chi connectivity index (χ1n) is 5.93. The van der Waals surface area contributed by atoms with Crippen LogP contribution in [0, 0.1) is 5.92 Å². The fraction of sp³-hybridized carbons (Fsp3) is 0.917. The normalized spacial score (nSPS) is 28.4. The number of methoxy groups -OCH3 is 1. The van der Waals surface area contributed by atoms with Crippen LogP contribution in [-0.2, 0) is 9.53 Å². The molecule has 3 atom stereocenters. The Morgan fingerprint density at radius 3 is 2.56 bits per heavy atom. The van der Waals surface area contributed by atoms with E-state index < -0.39 is 0 Å². The molecule has 0 radical (unpaired) electrons. The number of hydrogen-bond acceptors (Lipinski definition) is 4. The molecule has 0 aromatic rings. The van der Waals surface area contributed by atoms with Gasteiger partial charge in [0, 0.05) is 25.2 Å². The van der Waals surface area contributed by atoms with Crippen LogP contribution in [0.15, 0.2) is 0 Å². The first kappa shape index (κ1) is 13.5. The summed E-state index contributed by atoms with van der Waals surface area (Å²) in [6.07, 6.45) is 0.489. The fourth-order valence-electron chi connectivity index (χ4n) is 2.47. The topological polar surface area (TPSA) is 32.8 Å². The molecule has 0 saturated carbocycles. The lowest BCUT2D eigenvalue weighted by atomic mass is 10.1. The number of hydrogen-bond donors (Lipinski definition) is 0. The van der Waals surface area contributed by atoms with Gasteiger partial charge < -0.3 is 9.64 Å². The van der Waals surface area contributed by atoms with Gasteiger partial charge in [0.05, 0.1) is 13.5 Å². The zero-order valence-electron chi connectivity index (χ0n) is 11.1. The van der Waals surface area contributed by atoms with Crippen LogP contribution < -0.4 is 0 Å². The number of rotatable bonds is 4. The largest absolute Gasteiger partial charge is 0.469 e. The van der Waals surface area contributed by atoms with Gasteiger partial charge >= 0.3 is 5.97 Å². The number of likely N-dealkylation sites (N-methyl/N-ethyl adjacent to an activating group) is 1. The number of likely N-dealkylation sites (tertiary alicyclic amines) is 1. The van der Waals surface area contributed by atoms with Crippen LogP contribution in [0.2, 0.25) is 0 Å². The Balaban J connectivity index is 2.48. The predicted octanol–water partition coefficient (Wildman–Crippen LogP) is 0.820. The van der Waals surface area contributed by atoms with E-state index in [4.69, 9.17) is 4.74 Å².